The molecule has 1 aliphatic rings. The number of hydrogen-bond acceptors (Lipinski definition) is 5. The highest BCUT2D eigenvalue weighted by Crippen LogP contribution is 2.37. The predicted molar refractivity (Wildman–Crippen MR) is 145 cm³/mol. The van der Waals surface area contributed by atoms with E-state index in [9.17, 15) is 14.4 Å². The lowest BCUT2D eigenvalue weighted by atomic mass is 9.98. The van der Waals surface area contributed by atoms with Crippen molar-refractivity contribution in [3.8, 4) is 5.75 Å². The van der Waals surface area contributed by atoms with Crippen LogP contribution in [-0.2, 0) is 16.1 Å². The van der Waals surface area contributed by atoms with Crippen molar-refractivity contribution in [3.05, 3.63) is 101 Å². The molecule has 37 heavy (non-hydrogen) atoms. The van der Waals surface area contributed by atoms with E-state index in [1.807, 2.05) is 54.6 Å². The average Bonchev–Trinajstić information content (AvgIpc) is 3.11. The third kappa shape index (κ3) is 5.67. The quantitative estimate of drug-likeness (QED) is 0.203. The van der Waals surface area contributed by atoms with Crippen LogP contribution in [0.25, 0.3) is 0 Å². The number of nitrogens with zero attached hydrogens (tertiary/aromatic N) is 1. The zero-order chi connectivity index (χ0) is 26.8. The number of rotatable bonds is 8. The van der Waals surface area contributed by atoms with E-state index >= 15 is 0 Å². The fourth-order valence-corrected chi connectivity index (χ4v) is 4.98. The van der Waals surface area contributed by atoms with Crippen molar-refractivity contribution >= 4 is 26.1 Å². The summed E-state index contributed by atoms with van der Waals surface area (Å²) in [4.78, 5) is 40.5. The van der Waals surface area contributed by atoms with E-state index in [1.54, 1.807) is 24.3 Å². The van der Waals surface area contributed by atoms with Crippen LogP contribution in [0.15, 0.2) is 78.9 Å². The van der Waals surface area contributed by atoms with E-state index in [0.29, 0.717) is 16.7 Å². The summed E-state index contributed by atoms with van der Waals surface area (Å²) in [6, 6.07) is 23.4. The molecule has 0 saturated carbocycles. The van der Waals surface area contributed by atoms with E-state index in [2.05, 4.69) is 33.9 Å². The Bertz CT molecular complexity index is 1260. The van der Waals surface area contributed by atoms with Crippen LogP contribution >= 0.6 is 0 Å². The maximum absolute atomic E-state index is 13.3. The average molecular weight is 516 g/mol. The number of hydrogen-bond donors (Lipinski definition) is 0. The van der Waals surface area contributed by atoms with Crippen LogP contribution in [-0.4, -0.2) is 37.5 Å². The first-order chi connectivity index (χ1) is 17.5. The van der Waals surface area contributed by atoms with Gasteiger partial charge < -0.3 is 9.16 Å². The number of carbonyl (C=O) groups is 3. The van der Waals surface area contributed by atoms with Gasteiger partial charge in [0.05, 0.1) is 17.0 Å². The van der Waals surface area contributed by atoms with Gasteiger partial charge in [-0.3, -0.25) is 19.3 Å². The molecule has 0 saturated heterocycles. The topological polar surface area (TPSA) is 72.9 Å². The first kappa shape index (κ1) is 26.4. The Hall–Kier alpha value is -3.71. The van der Waals surface area contributed by atoms with Crippen molar-refractivity contribution < 1.29 is 23.5 Å². The molecular formula is C30H33NO5Si. The van der Waals surface area contributed by atoms with Gasteiger partial charge in [0.25, 0.3) is 11.8 Å². The Kier molecular flexibility index (Phi) is 7.36. The van der Waals surface area contributed by atoms with Crippen molar-refractivity contribution in [1.82, 2.24) is 4.90 Å². The van der Waals surface area contributed by atoms with Gasteiger partial charge in [-0.2, -0.15) is 0 Å². The van der Waals surface area contributed by atoms with Gasteiger partial charge >= 0.3 is 5.97 Å². The number of amides is 2. The Labute approximate surface area is 219 Å². The maximum atomic E-state index is 13.3. The standard InChI is InChI=1S/C30H33NO5Si/c1-30(2,3)37(4,5)36-23-17-15-22(16-18-23)26(29(34)35-20-21-11-7-6-8-12-21)19-31-27(32)24-13-9-10-14-25(24)28(31)33/h6-18,26H,19-20H2,1-5H3. The number of imide groups is 1. The molecule has 0 radical (unpaired) electrons. The summed E-state index contributed by atoms with van der Waals surface area (Å²) in [5.74, 6) is -1.42. The summed E-state index contributed by atoms with van der Waals surface area (Å²) in [7, 11) is -2.04. The summed E-state index contributed by atoms with van der Waals surface area (Å²) < 4.78 is 12.0. The van der Waals surface area contributed by atoms with Crippen LogP contribution < -0.4 is 4.43 Å². The molecule has 3 aromatic rings. The Balaban J connectivity index is 1.58. The minimum absolute atomic E-state index is 0.0426. The van der Waals surface area contributed by atoms with Gasteiger partial charge in [0.15, 0.2) is 0 Å². The van der Waals surface area contributed by atoms with Gasteiger partial charge in [0.1, 0.15) is 12.4 Å². The van der Waals surface area contributed by atoms with Crippen molar-refractivity contribution in [2.45, 2.75) is 51.4 Å². The molecule has 3 aromatic carbocycles. The number of esters is 1. The molecule has 192 valence electrons. The van der Waals surface area contributed by atoms with Gasteiger partial charge in [0.2, 0.25) is 8.32 Å². The second-order valence-corrected chi connectivity index (χ2v) is 15.6. The molecule has 0 fully saturated rings. The summed E-state index contributed by atoms with van der Waals surface area (Å²) in [5.41, 5.74) is 2.20. The molecule has 1 atom stereocenters. The number of carbonyl (C=O) groups excluding carboxylic acids is 3. The molecule has 6 nitrogen and oxygen atoms in total. The highest BCUT2D eigenvalue weighted by atomic mass is 28.4. The molecule has 2 amide bonds. The van der Waals surface area contributed by atoms with Crippen molar-refractivity contribution in [2.75, 3.05) is 6.54 Å². The lowest BCUT2D eigenvalue weighted by Crippen LogP contribution is -2.43. The lowest BCUT2D eigenvalue weighted by Gasteiger charge is -2.36. The van der Waals surface area contributed by atoms with Crippen LogP contribution in [0.4, 0.5) is 0 Å². The third-order valence-corrected chi connectivity index (χ3v) is 11.6. The molecule has 1 aliphatic heterocycles. The second-order valence-electron chi connectivity index (χ2n) is 10.8. The highest BCUT2D eigenvalue weighted by molar-refractivity contribution is 6.74. The molecule has 7 heteroatoms. The summed E-state index contributed by atoms with van der Waals surface area (Å²) in [5, 5.41) is 0.0426. The number of ether oxygens (including phenoxy) is 1. The second kappa shape index (κ2) is 10.3. The first-order valence-electron chi connectivity index (χ1n) is 12.4. The Morgan fingerprint density at radius 1 is 0.838 bits per heavy atom. The fraction of sp³-hybridized carbons (Fsp3) is 0.300. The minimum Gasteiger partial charge on any atom is -0.544 e. The van der Waals surface area contributed by atoms with Gasteiger partial charge in [-0.05, 0) is 53.5 Å². The predicted octanol–water partition coefficient (Wildman–Crippen LogP) is 6.19. The summed E-state index contributed by atoms with van der Waals surface area (Å²) >= 11 is 0. The zero-order valence-corrected chi connectivity index (χ0v) is 23.0. The largest absolute Gasteiger partial charge is 0.544 e. The third-order valence-electron chi connectivity index (χ3n) is 7.21. The SMILES string of the molecule is CC(C)(C)[Si](C)(C)Oc1ccc(C(CN2C(=O)c3ccccc3C2=O)C(=O)OCc2ccccc2)cc1. The van der Waals surface area contributed by atoms with Crippen LogP contribution in [0.1, 0.15) is 58.5 Å². The summed E-state index contributed by atoms with van der Waals surface area (Å²) in [6.07, 6.45) is 0. The Morgan fingerprint density at radius 2 is 1.38 bits per heavy atom. The van der Waals surface area contributed by atoms with E-state index < -0.39 is 32.0 Å². The zero-order valence-electron chi connectivity index (χ0n) is 22.0. The molecule has 0 bridgehead atoms. The summed E-state index contributed by atoms with van der Waals surface area (Å²) in [6.45, 7) is 10.9. The molecule has 1 unspecified atom stereocenters. The van der Waals surface area contributed by atoms with E-state index in [0.717, 1.165) is 16.2 Å². The smallest absolute Gasteiger partial charge is 0.315 e. The van der Waals surface area contributed by atoms with Crippen LogP contribution in [0, 0.1) is 0 Å². The molecule has 4 rings (SSSR count). The van der Waals surface area contributed by atoms with Crippen molar-refractivity contribution in [3.63, 3.8) is 0 Å². The van der Waals surface area contributed by atoms with Gasteiger partial charge in [-0.25, -0.2) is 0 Å². The molecule has 0 N–H and O–H groups in total. The maximum Gasteiger partial charge on any atom is 0.315 e. The van der Waals surface area contributed by atoms with E-state index in [4.69, 9.17) is 9.16 Å². The van der Waals surface area contributed by atoms with Crippen LogP contribution in [0.2, 0.25) is 18.1 Å². The van der Waals surface area contributed by atoms with Crippen LogP contribution in [0.3, 0.4) is 0 Å². The van der Waals surface area contributed by atoms with Crippen molar-refractivity contribution in [1.29, 1.82) is 0 Å². The monoisotopic (exact) mass is 515 g/mol. The first-order valence-corrected chi connectivity index (χ1v) is 15.3. The fourth-order valence-electron chi connectivity index (χ4n) is 3.95. The van der Waals surface area contributed by atoms with E-state index in [-0.39, 0.29) is 18.2 Å². The molecule has 0 aromatic heterocycles. The minimum atomic E-state index is -2.04. The van der Waals surface area contributed by atoms with Crippen molar-refractivity contribution in [2.24, 2.45) is 0 Å². The molecular weight excluding hydrogens is 482 g/mol. The number of fused-ring (bicyclic) bond motifs is 1. The molecule has 1 heterocycles. The van der Waals surface area contributed by atoms with Gasteiger partial charge in [-0.15, -0.1) is 0 Å². The Morgan fingerprint density at radius 3 is 1.92 bits per heavy atom. The highest BCUT2D eigenvalue weighted by Gasteiger charge is 2.40. The van der Waals surface area contributed by atoms with E-state index in [1.165, 1.54) is 0 Å². The molecule has 0 spiro atoms. The normalized spacial score (nSPS) is 14.4. The number of benzene rings is 3. The van der Waals surface area contributed by atoms with Gasteiger partial charge in [-0.1, -0.05) is 75.4 Å². The lowest BCUT2D eigenvalue weighted by molar-refractivity contribution is -0.147. The van der Waals surface area contributed by atoms with Crippen LogP contribution in [0.5, 0.6) is 5.75 Å². The molecule has 0 aliphatic carbocycles. The van der Waals surface area contributed by atoms with Gasteiger partial charge in [0, 0.05) is 6.54 Å².